The summed E-state index contributed by atoms with van der Waals surface area (Å²) in [7, 11) is 0. The number of benzene rings is 1. The van der Waals surface area contributed by atoms with Crippen molar-refractivity contribution in [2.45, 2.75) is 44.8 Å². The highest BCUT2D eigenvalue weighted by molar-refractivity contribution is 5.36. The van der Waals surface area contributed by atoms with E-state index >= 15 is 0 Å². The Morgan fingerprint density at radius 1 is 1.19 bits per heavy atom. The van der Waals surface area contributed by atoms with Gasteiger partial charge in [-0.05, 0) is 60.8 Å². The molecule has 0 amide bonds. The molecule has 0 saturated heterocycles. The molecule has 0 aromatic heterocycles. The number of nitrogens with one attached hydrogen (secondary N) is 1. The smallest absolute Gasteiger partial charge is 0.271 e. The number of alkyl halides is 3. The molecule has 21 heavy (non-hydrogen) atoms. The van der Waals surface area contributed by atoms with Crippen LogP contribution in [0, 0.1) is 24.7 Å². The first-order valence-corrected chi connectivity index (χ1v) is 7.57. The van der Waals surface area contributed by atoms with Gasteiger partial charge in [-0.15, -0.1) is 0 Å². The minimum atomic E-state index is -4.29. The van der Waals surface area contributed by atoms with E-state index in [-0.39, 0.29) is 6.04 Å². The molecule has 0 spiro atoms. The standard InChI is InChI=1S/C16H21F3N2/c1-9-8-10(16(17,18)19)6-7-11(9)15(21-20)14-12-4-2-3-5-13(12)14/h6-8,12-15,21H,2-5,20H2,1H3. The van der Waals surface area contributed by atoms with Crippen molar-refractivity contribution in [3.8, 4) is 0 Å². The third-order valence-electron chi connectivity index (χ3n) is 5.22. The minimum Gasteiger partial charge on any atom is -0.271 e. The van der Waals surface area contributed by atoms with Gasteiger partial charge in [0.2, 0.25) is 0 Å². The zero-order valence-electron chi connectivity index (χ0n) is 12.1. The van der Waals surface area contributed by atoms with Crippen LogP contribution in [0.2, 0.25) is 0 Å². The van der Waals surface area contributed by atoms with Crippen LogP contribution >= 0.6 is 0 Å². The summed E-state index contributed by atoms with van der Waals surface area (Å²) in [5, 5.41) is 0. The van der Waals surface area contributed by atoms with Crippen molar-refractivity contribution in [2.75, 3.05) is 0 Å². The number of nitrogens with two attached hydrogens (primary N) is 1. The SMILES string of the molecule is Cc1cc(C(F)(F)F)ccc1C(NN)C1C2CCCCC21. The zero-order valence-corrected chi connectivity index (χ0v) is 12.1. The number of hydrogen-bond acceptors (Lipinski definition) is 2. The molecule has 1 aromatic carbocycles. The Labute approximate surface area is 122 Å². The monoisotopic (exact) mass is 298 g/mol. The first-order chi connectivity index (χ1) is 9.93. The second kappa shape index (κ2) is 5.29. The van der Waals surface area contributed by atoms with Crippen LogP contribution in [0.1, 0.15) is 48.4 Å². The topological polar surface area (TPSA) is 38.0 Å². The maximum absolute atomic E-state index is 12.8. The minimum absolute atomic E-state index is 0.0274. The summed E-state index contributed by atoms with van der Waals surface area (Å²) in [5.41, 5.74) is 3.84. The molecule has 0 radical (unpaired) electrons. The van der Waals surface area contributed by atoms with Crippen LogP contribution in [0.3, 0.4) is 0 Å². The van der Waals surface area contributed by atoms with Crippen LogP contribution in [0.4, 0.5) is 13.2 Å². The van der Waals surface area contributed by atoms with Gasteiger partial charge in [0.25, 0.3) is 0 Å². The lowest BCUT2D eigenvalue weighted by Gasteiger charge is -2.20. The normalized spacial score (nSPS) is 29.9. The van der Waals surface area contributed by atoms with Crippen molar-refractivity contribution in [3.05, 3.63) is 34.9 Å². The predicted octanol–water partition coefficient (Wildman–Crippen LogP) is 3.95. The van der Waals surface area contributed by atoms with Gasteiger partial charge < -0.3 is 0 Å². The maximum Gasteiger partial charge on any atom is 0.416 e. The summed E-state index contributed by atoms with van der Waals surface area (Å²) in [6.07, 6.45) is 0.699. The Kier molecular flexibility index (Phi) is 3.74. The highest BCUT2D eigenvalue weighted by Crippen LogP contribution is 2.60. The molecule has 116 valence electrons. The molecule has 3 atom stereocenters. The number of fused-ring (bicyclic) bond motifs is 1. The number of halogens is 3. The van der Waals surface area contributed by atoms with E-state index in [0.717, 1.165) is 5.56 Å². The van der Waals surface area contributed by atoms with Crippen LogP contribution in [0.5, 0.6) is 0 Å². The fraction of sp³-hybridized carbons (Fsp3) is 0.625. The van der Waals surface area contributed by atoms with Crippen LogP contribution < -0.4 is 11.3 Å². The maximum atomic E-state index is 12.8. The largest absolute Gasteiger partial charge is 0.416 e. The van der Waals surface area contributed by atoms with Gasteiger partial charge in [-0.25, -0.2) is 0 Å². The van der Waals surface area contributed by atoms with E-state index in [1.54, 1.807) is 13.0 Å². The molecular weight excluding hydrogens is 277 g/mol. The van der Waals surface area contributed by atoms with Gasteiger partial charge in [0.1, 0.15) is 0 Å². The van der Waals surface area contributed by atoms with E-state index in [4.69, 9.17) is 5.84 Å². The van der Waals surface area contributed by atoms with Gasteiger partial charge in [-0.3, -0.25) is 11.3 Å². The van der Waals surface area contributed by atoms with Crippen LogP contribution in [0.25, 0.3) is 0 Å². The van der Waals surface area contributed by atoms with Gasteiger partial charge in [-0.2, -0.15) is 13.2 Å². The molecule has 1 aromatic rings. The molecule has 2 fully saturated rings. The molecule has 5 heteroatoms. The molecule has 2 nitrogen and oxygen atoms in total. The number of hydrogen-bond donors (Lipinski definition) is 2. The van der Waals surface area contributed by atoms with Gasteiger partial charge >= 0.3 is 6.18 Å². The van der Waals surface area contributed by atoms with Crippen LogP contribution in [0.15, 0.2) is 18.2 Å². The summed E-state index contributed by atoms with van der Waals surface area (Å²) in [4.78, 5) is 0. The Bertz CT molecular complexity index is 515. The number of hydrazine groups is 1. The van der Waals surface area contributed by atoms with E-state index in [2.05, 4.69) is 5.43 Å². The Morgan fingerprint density at radius 2 is 1.81 bits per heavy atom. The summed E-state index contributed by atoms with van der Waals surface area (Å²) in [6, 6.07) is 3.96. The summed E-state index contributed by atoms with van der Waals surface area (Å²) < 4.78 is 38.3. The Balaban J connectivity index is 1.85. The van der Waals surface area contributed by atoms with Crippen molar-refractivity contribution in [3.63, 3.8) is 0 Å². The first-order valence-electron chi connectivity index (χ1n) is 7.57. The van der Waals surface area contributed by atoms with Gasteiger partial charge in [0.15, 0.2) is 0 Å². The second-order valence-corrected chi connectivity index (χ2v) is 6.40. The molecule has 2 aliphatic carbocycles. The summed E-state index contributed by atoms with van der Waals surface area (Å²) in [5.74, 6) is 7.59. The average molecular weight is 298 g/mol. The number of rotatable bonds is 3. The van der Waals surface area contributed by atoms with Crippen molar-refractivity contribution >= 4 is 0 Å². The highest BCUT2D eigenvalue weighted by Gasteiger charge is 2.54. The number of aryl methyl sites for hydroxylation is 1. The third-order valence-corrected chi connectivity index (χ3v) is 5.22. The third kappa shape index (κ3) is 2.69. The lowest BCUT2D eigenvalue weighted by molar-refractivity contribution is -0.137. The van der Waals surface area contributed by atoms with Crippen LogP contribution in [-0.2, 0) is 6.18 Å². The van der Waals surface area contributed by atoms with E-state index in [1.165, 1.54) is 37.8 Å². The fourth-order valence-corrected chi connectivity index (χ4v) is 4.15. The van der Waals surface area contributed by atoms with Gasteiger partial charge in [0, 0.05) is 6.04 Å². The van der Waals surface area contributed by atoms with Crippen molar-refractivity contribution in [1.29, 1.82) is 0 Å². The average Bonchev–Trinajstić information content (AvgIpc) is 3.15. The Morgan fingerprint density at radius 3 is 2.29 bits per heavy atom. The summed E-state index contributed by atoms with van der Waals surface area (Å²) >= 11 is 0. The molecule has 0 heterocycles. The zero-order chi connectivity index (χ0) is 15.2. The predicted molar refractivity (Wildman–Crippen MR) is 75.2 cm³/mol. The van der Waals surface area contributed by atoms with E-state index in [0.29, 0.717) is 23.3 Å². The van der Waals surface area contributed by atoms with Crippen molar-refractivity contribution < 1.29 is 13.2 Å². The quantitative estimate of drug-likeness (QED) is 0.655. The molecule has 3 N–H and O–H groups in total. The lowest BCUT2D eigenvalue weighted by atomic mass is 9.94. The fourth-order valence-electron chi connectivity index (χ4n) is 4.15. The van der Waals surface area contributed by atoms with Gasteiger partial charge in [-0.1, -0.05) is 18.9 Å². The van der Waals surface area contributed by atoms with Crippen molar-refractivity contribution in [2.24, 2.45) is 23.6 Å². The molecule has 2 aliphatic rings. The first kappa shape index (κ1) is 14.9. The molecule has 0 bridgehead atoms. The second-order valence-electron chi connectivity index (χ2n) is 6.40. The highest BCUT2D eigenvalue weighted by atomic mass is 19.4. The van der Waals surface area contributed by atoms with Gasteiger partial charge in [0.05, 0.1) is 5.56 Å². The molecule has 0 aliphatic heterocycles. The molecular formula is C16H21F3N2. The van der Waals surface area contributed by atoms with E-state index in [1.807, 2.05) is 0 Å². The molecule has 3 unspecified atom stereocenters. The van der Waals surface area contributed by atoms with Crippen molar-refractivity contribution in [1.82, 2.24) is 5.43 Å². The molecule has 3 rings (SSSR count). The summed E-state index contributed by atoms with van der Waals surface area (Å²) in [6.45, 7) is 1.74. The van der Waals surface area contributed by atoms with E-state index < -0.39 is 11.7 Å². The van der Waals surface area contributed by atoms with E-state index in [9.17, 15) is 13.2 Å². The lowest BCUT2D eigenvalue weighted by Crippen LogP contribution is -2.31. The molecule has 2 saturated carbocycles. The van der Waals surface area contributed by atoms with Crippen LogP contribution in [-0.4, -0.2) is 0 Å². The Hall–Kier alpha value is -1.07.